The van der Waals surface area contributed by atoms with Gasteiger partial charge in [-0.1, -0.05) is 6.92 Å². The van der Waals surface area contributed by atoms with Crippen LogP contribution < -0.4 is 5.32 Å². The molecule has 2 atom stereocenters. The van der Waals surface area contributed by atoms with Gasteiger partial charge in [0.1, 0.15) is 6.04 Å². The fourth-order valence-electron chi connectivity index (χ4n) is 2.30. The quantitative estimate of drug-likeness (QED) is 0.669. The molecule has 108 valence electrons. The highest BCUT2D eigenvalue weighted by Crippen LogP contribution is 2.23. The van der Waals surface area contributed by atoms with Crippen molar-refractivity contribution in [2.24, 2.45) is 0 Å². The number of nitrogens with one attached hydrogen (secondary N) is 1. The van der Waals surface area contributed by atoms with E-state index in [4.69, 9.17) is 0 Å². The van der Waals surface area contributed by atoms with Crippen LogP contribution in [0.15, 0.2) is 29.2 Å². The van der Waals surface area contributed by atoms with Crippen LogP contribution in [-0.4, -0.2) is 35.1 Å². The van der Waals surface area contributed by atoms with Crippen LogP contribution in [0.3, 0.4) is 0 Å². The predicted octanol–water partition coefficient (Wildman–Crippen LogP) is 2.75. The fraction of sp³-hybridized carbons (Fsp3) is 0.467. The van der Waals surface area contributed by atoms with Crippen molar-refractivity contribution in [3.8, 4) is 0 Å². The summed E-state index contributed by atoms with van der Waals surface area (Å²) in [5, 5.41) is 3.16. The van der Waals surface area contributed by atoms with Crippen molar-refractivity contribution in [3.05, 3.63) is 24.3 Å². The number of likely N-dealkylation sites (tertiary alicyclic amines) is 1. The van der Waals surface area contributed by atoms with Gasteiger partial charge in [0.15, 0.2) is 0 Å². The molecule has 1 saturated heterocycles. The third-order valence-electron chi connectivity index (χ3n) is 3.65. The average molecular weight is 292 g/mol. The van der Waals surface area contributed by atoms with Gasteiger partial charge in [-0.2, -0.15) is 0 Å². The van der Waals surface area contributed by atoms with Crippen LogP contribution in [0.2, 0.25) is 0 Å². The van der Waals surface area contributed by atoms with E-state index in [1.54, 1.807) is 11.8 Å². The van der Waals surface area contributed by atoms with Crippen molar-refractivity contribution in [1.29, 1.82) is 0 Å². The first-order valence-corrected chi connectivity index (χ1v) is 8.05. The molecule has 1 aromatic carbocycles. The van der Waals surface area contributed by atoms with E-state index in [1.807, 2.05) is 44.4 Å². The maximum absolute atomic E-state index is 12.3. The van der Waals surface area contributed by atoms with Crippen LogP contribution >= 0.6 is 11.8 Å². The molecule has 2 unspecified atom stereocenters. The molecule has 20 heavy (non-hydrogen) atoms. The van der Waals surface area contributed by atoms with Gasteiger partial charge < -0.3 is 5.32 Å². The van der Waals surface area contributed by atoms with Crippen molar-refractivity contribution in [2.45, 2.75) is 43.7 Å². The first kappa shape index (κ1) is 14.9. The maximum Gasteiger partial charge on any atom is 0.252 e. The number of nitrogens with zero attached hydrogens (tertiary/aromatic N) is 1. The summed E-state index contributed by atoms with van der Waals surface area (Å²) in [5.74, 6) is -0.194. The molecule has 0 radical (unpaired) electrons. The number of imide groups is 1. The lowest BCUT2D eigenvalue weighted by atomic mass is 10.2. The zero-order chi connectivity index (χ0) is 14.7. The summed E-state index contributed by atoms with van der Waals surface area (Å²) in [4.78, 5) is 26.8. The fourth-order valence-corrected chi connectivity index (χ4v) is 2.71. The summed E-state index contributed by atoms with van der Waals surface area (Å²) >= 11 is 1.67. The molecule has 1 aliphatic rings. The Morgan fingerprint density at radius 2 is 2.00 bits per heavy atom. The highest BCUT2D eigenvalue weighted by atomic mass is 32.2. The van der Waals surface area contributed by atoms with Gasteiger partial charge >= 0.3 is 0 Å². The third kappa shape index (κ3) is 2.98. The molecule has 5 heteroatoms. The molecule has 0 aromatic heterocycles. The Hall–Kier alpha value is -1.49. The third-order valence-corrected chi connectivity index (χ3v) is 4.39. The van der Waals surface area contributed by atoms with Gasteiger partial charge in [0.25, 0.3) is 5.91 Å². The number of hydrogen-bond acceptors (Lipinski definition) is 4. The standard InChI is InChI=1S/C15H20N2O2S/c1-4-10(2)17-14(18)9-13(15(17)19)16-11-5-7-12(20-3)8-6-11/h5-8,10,13,16H,4,9H2,1-3H3. The molecule has 2 amide bonds. The summed E-state index contributed by atoms with van der Waals surface area (Å²) < 4.78 is 0. The Morgan fingerprint density at radius 3 is 2.55 bits per heavy atom. The molecule has 1 heterocycles. The average Bonchev–Trinajstić information content (AvgIpc) is 2.73. The van der Waals surface area contributed by atoms with Gasteiger partial charge in [-0.15, -0.1) is 11.8 Å². The molecule has 0 aliphatic carbocycles. The van der Waals surface area contributed by atoms with Crippen LogP contribution in [0.5, 0.6) is 0 Å². The van der Waals surface area contributed by atoms with Gasteiger partial charge in [-0.25, -0.2) is 0 Å². The van der Waals surface area contributed by atoms with Gasteiger partial charge in [0.2, 0.25) is 5.91 Å². The largest absolute Gasteiger partial charge is 0.373 e. The Balaban J connectivity index is 2.07. The van der Waals surface area contributed by atoms with E-state index in [1.165, 1.54) is 9.80 Å². The normalized spacial score (nSPS) is 20.4. The summed E-state index contributed by atoms with van der Waals surface area (Å²) in [5.41, 5.74) is 0.875. The lowest BCUT2D eigenvalue weighted by Crippen LogP contribution is -2.40. The molecule has 0 spiro atoms. The van der Waals surface area contributed by atoms with E-state index in [-0.39, 0.29) is 24.3 Å². The number of amides is 2. The number of carbonyl (C=O) groups excluding carboxylic acids is 2. The lowest BCUT2D eigenvalue weighted by molar-refractivity contribution is -0.140. The van der Waals surface area contributed by atoms with E-state index >= 15 is 0 Å². The molecule has 1 aromatic rings. The molecular weight excluding hydrogens is 272 g/mol. The van der Waals surface area contributed by atoms with Crippen molar-refractivity contribution in [2.75, 3.05) is 11.6 Å². The number of thioether (sulfide) groups is 1. The van der Waals surface area contributed by atoms with Gasteiger partial charge in [0, 0.05) is 16.6 Å². The topological polar surface area (TPSA) is 49.4 Å². The van der Waals surface area contributed by atoms with Gasteiger partial charge in [-0.3, -0.25) is 14.5 Å². The molecule has 0 bridgehead atoms. The van der Waals surface area contributed by atoms with Crippen molar-refractivity contribution in [1.82, 2.24) is 4.90 Å². The smallest absolute Gasteiger partial charge is 0.252 e. The number of rotatable bonds is 5. The maximum atomic E-state index is 12.3. The summed E-state index contributed by atoms with van der Waals surface area (Å²) in [7, 11) is 0. The van der Waals surface area contributed by atoms with E-state index in [9.17, 15) is 9.59 Å². The Labute approximate surface area is 123 Å². The monoisotopic (exact) mass is 292 g/mol. The summed E-state index contributed by atoms with van der Waals surface area (Å²) in [6, 6.07) is 7.42. The van der Waals surface area contributed by atoms with Crippen molar-refractivity contribution >= 4 is 29.3 Å². The second kappa shape index (κ2) is 6.31. The van der Waals surface area contributed by atoms with Crippen molar-refractivity contribution in [3.63, 3.8) is 0 Å². The highest BCUT2D eigenvalue weighted by Gasteiger charge is 2.40. The van der Waals surface area contributed by atoms with E-state index in [2.05, 4.69) is 5.32 Å². The van der Waals surface area contributed by atoms with Crippen LogP contribution in [-0.2, 0) is 9.59 Å². The Bertz CT molecular complexity index is 501. The minimum Gasteiger partial charge on any atom is -0.373 e. The zero-order valence-corrected chi connectivity index (χ0v) is 12.9. The molecule has 2 rings (SSSR count). The summed E-state index contributed by atoms with van der Waals surface area (Å²) in [6.45, 7) is 3.89. The van der Waals surface area contributed by atoms with Crippen LogP contribution in [0.4, 0.5) is 5.69 Å². The summed E-state index contributed by atoms with van der Waals surface area (Å²) in [6.07, 6.45) is 3.05. The minimum absolute atomic E-state index is 0.0272. The van der Waals surface area contributed by atoms with Crippen LogP contribution in [0, 0.1) is 0 Å². The Morgan fingerprint density at radius 1 is 1.35 bits per heavy atom. The first-order chi connectivity index (χ1) is 9.56. The molecular formula is C15H20N2O2S. The van der Waals surface area contributed by atoms with E-state index in [0.29, 0.717) is 0 Å². The highest BCUT2D eigenvalue weighted by molar-refractivity contribution is 7.98. The second-order valence-electron chi connectivity index (χ2n) is 4.99. The molecule has 1 fully saturated rings. The van der Waals surface area contributed by atoms with Gasteiger partial charge in [-0.05, 0) is 43.9 Å². The lowest BCUT2D eigenvalue weighted by Gasteiger charge is -2.21. The number of anilines is 1. The first-order valence-electron chi connectivity index (χ1n) is 6.83. The molecule has 4 nitrogen and oxygen atoms in total. The molecule has 0 saturated carbocycles. The second-order valence-corrected chi connectivity index (χ2v) is 5.87. The predicted molar refractivity (Wildman–Crippen MR) is 81.9 cm³/mol. The van der Waals surface area contributed by atoms with E-state index in [0.717, 1.165) is 12.1 Å². The van der Waals surface area contributed by atoms with E-state index < -0.39 is 6.04 Å². The molecule has 1 N–H and O–H groups in total. The molecule has 1 aliphatic heterocycles. The SMILES string of the molecule is CCC(C)N1C(=O)CC(Nc2ccc(SC)cc2)C1=O. The van der Waals surface area contributed by atoms with Crippen LogP contribution in [0.1, 0.15) is 26.7 Å². The number of benzene rings is 1. The number of carbonyl (C=O) groups is 2. The Kier molecular flexibility index (Phi) is 4.70. The van der Waals surface area contributed by atoms with Crippen LogP contribution in [0.25, 0.3) is 0 Å². The minimum atomic E-state index is -0.434. The van der Waals surface area contributed by atoms with Crippen molar-refractivity contribution < 1.29 is 9.59 Å². The van der Waals surface area contributed by atoms with Gasteiger partial charge in [0.05, 0.1) is 6.42 Å². The number of hydrogen-bond donors (Lipinski definition) is 1. The zero-order valence-electron chi connectivity index (χ0n) is 12.1.